The molecule has 0 spiro atoms. The van der Waals surface area contributed by atoms with Crippen molar-refractivity contribution in [3.63, 3.8) is 0 Å². The van der Waals surface area contributed by atoms with Crippen LogP contribution in [0.25, 0.3) is 0 Å². The molecule has 2 aliphatic rings. The van der Waals surface area contributed by atoms with Crippen LogP contribution >= 0.6 is 21.6 Å². The van der Waals surface area contributed by atoms with E-state index in [-0.39, 0.29) is 58.3 Å². The van der Waals surface area contributed by atoms with E-state index >= 15 is 0 Å². The number of ketones is 2. The number of aromatic nitrogens is 1. The SMILES string of the molecule is COc1cccc2c1C(=O)c1c(O)c3c(c(O)c1C2=O)C[C@@H](C(=O)NCCSSc1ccc(NO)cn1)CC3. The number of hydrogen-bond acceptors (Lipinski definition) is 11. The second-order valence-electron chi connectivity index (χ2n) is 9.08. The number of methoxy groups -OCH3 is 1. The quantitative estimate of drug-likeness (QED) is 0.0914. The van der Waals surface area contributed by atoms with Crippen LogP contribution in [0.2, 0.25) is 0 Å². The van der Waals surface area contributed by atoms with Crippen LogP contribution in [-0.2, 0) is 17.6 Å². The van der Waals surface area contributed by atoms with Gasteiger partial charge in [-0.1, -0.05) is 22.9 Å². The smallest absolute Gasteiger partial charge is 0.223 e. The van der Waals surface area contributed by atoms with Crippen LogP contribution in [0.4, 0.5) is 5.69 Å². The van der Waals surface area contributed by atoms with Crippen LogP contribution in [0.1, 0.15) is 49.4 Å². The Balaban J connectivity index is 1.27. The number of rotatable bonds is 8. The first-order valence-electron chi connectivity index (χ1n) is 12.1. The van der Waals surface area contributed by atoms with Crippen LogP contribution in [0.5, 0.6) is 17.2 Å². The Bertz CT molecular complexity index is 1480. The molecule has 0 saturated carbocycles. The van der Waals surface area contributed by atoms with Gasteiger partial charge in [0.2, 0.25) is 11.7 Å². The molecule has 0 unspecified atom stereocenters. The first kappa shape index (κ1) is 26.9. The third kappa shape index (κ3) is 4.90. The zero-order valence-corrected chi connectivity index (χ0v) is 22.4. The lowest BCUT2D eigenvalue weighted by Gasteiger charge is -2.29. The molecule has 0 saturated heterocycles. The van der Waals surface area contributed by atoms with Crippen LogP contribution in [0.3, 0.4) is 0 Å². The summed E-state index contributed by atoms with van der Waals surface area (Å²) in [4.78, 5) is 43.8. The van der Waals surface area contributed by atoms with Gasteiger partial charge < -0.3 is 20.3 Å². The summed E-state index contributed by atoms with van der Waals surface area (Å²) >= 11 is 0. The van der Waals surface area contributed by atoms with Gasteiger partial charge >= 0.3 is 0 Å². The molecule has 10 nitrogen and oxygen atoms in total. The molecule has 1 aromatic heterocycles. The predicted molar refractivity (Wildman–Crippen MR) is 146 cm³/mol. The number of carbonyl (C=O) groups is 3. The molecular formula is C27H25N3O7S2. The number of phenolic OH excluding ortho intramolecular Hbond substituents is 2. The molecule has 202 valence electrons. The topological polar surface area (TPSA) is 158 Å². The van der Waals surface area contributed by atoms with Crippen LogP contribution in [-0.4, -0.2) is 57.3 Å². The number of nitrogens with zero attached hydrogens (tertiary/aromatic N) is 1. The van der Waals surface area contributed by atoms with Gasteiger partial charge in [0.1, 0.15) is 22.3 Å². The summed E-state index contributed by atoms with van der Waals surface area (Å²) in [5.41, 5.74) is 2.93. The number of carbonyl (C=O) groups excluding carboxylic acids is 3. The standard InChI is InChI=1S/C27H25N3O7S2/c1-37-18-4-2-3-16-20(18)26(34)22-21(24(16)32)25(33)17-11-13(5-7-15(17)23(22)31)27(35)28-9-10-38-39-19-8-6-14(30-36)12-29-19/h2-4,6,8,12-13,30-31,33,36H,5,7,9-11H2,1H3,(H,28,35)/t13-/m0/s1. The Morgan fingerprint density at radius 3 is 2.56 bits per heavy atom. The van der Waals surface area contributed by atoms with Crippen LogP contribution < -0.4 is 15.5 Å². The number of fused-ring (bicyclic) bond motifs is 3. The lowest BCUT2D eigenvalue weighted by atomic mass is 9.75. The van der Waals surface area contributed by atoms with Crippen LogP contribution in [0.15, 0.2) is 41.6 Å². The monoisotopic (exact) mass is 567 g/mol. The lowest BCUT2D eigenvalue weighted by molar-refractivity contribution is -0.125. The summed E-state index contributed by atoms with van der Waals surface area (Å²) < 4.78 is 5.27. The zero-order chi connectivity index (χ0) is 27.7. The minimum atomic E-state index is -0.584. The molecule has 0 radical (unpaired) electrons. The van der Waals surface area contributed by atoms with Crippen molar-refractivity contribution in [2.24, 2.45) is 5.92 Å². The molecule has 2 aromatic carbocycles. The summed E-state index contributed by atoms with van der Waals surface area (Å²) in [5.74, 6) is -1.64. The highest BCUT2D eigenvalue weighted by Crippen LogP contribution is 2.47. The number of aromatic hydroxyl groups is 2. The van der Waals surface area contributed by atoms with Crippen molar-refractivity contribution in [3.8, 4) is 17.2 Å². The average molecular weight is 568 g/mol. The largest absolute Gasteiger partial charge is 0.507 e. The molecule has 1 amide bonds. The van der Waals surface area contributed by atoms with Gasteiger partial charge in [-0.3, -0.25) is 25.1 Å². The third-order valence-electron chi connectivity index (χ3n) is 6.89. The van der Waals surface area contributed by atoms with Crippen molar-refractivity contribution in [2.45, 2.75) is 24.3 Å². The number of amides is 1. The van der Waals surface area contributed by atoms with E-state index in [9.17, 15) is 24.6 Å². The second kappa shape index (κ2) is 11.2. The fraction of sp³-hybridized carbons (Fsp3) is 0.259. The number of ether oxygens (including phenoxy) is 1. The normalized spacial score (nSPS) is 15.7. The average Bonchev–Trinajstić information content (AvgIpc) is 2.97. The summed E-state index contributed by atoms with van der Waals surface area (Å²) in [6.07, 6.45) is 2.34. The fourth-order valence-electron chi connectivity index (χ4n) is 4.99. The number of anilines is 1. The van der Waals surface area contributed by atoms with Crippen molar-refractivity contribution in [1.29, 1.82) is 0 Å². The molecule has 0 aliphatic heterocycles. The maximum Gasteiger partial charge on any atom is 0.223 e. The lowest BCUT2D eigenvalue weighted by Crippen LogP contribution is -2.35. The molecule has 1 atom stereocenters. The van der Waals surface area contributed by atoms with Gasteiger partial charge in [-0.15, -0.1) is 0 Å². The molecule has 2 aliphatic carbocycles. The van der Waals surface area contributed by atoms with Crippen molar-refractivity contribution < 1.29 is 34.5 Å². The highest BCUT2D eigenvalue weighted by atomic mass is 33.1. The maximum atomic E-state index is 13.4. The number of nitrogens with one attached hydrogen (secondary N) is 2. The molecule has 3 aromatic rings. The minimum Gasteiger partial charge on any atom is -0.507 e. The number of benzene rings is 2. The first-order valence-corrected chi connectivity index (χ1v) is 14.5. The second-order valence-corrected chi connectivity index (χ2v) is 11.5. The Kier molecular flexibility index (Phi) is 7.69. The molecule has 12 heteroatoms. The predicted octanol–water partition coefficient (Wildman–Crippen LogP) is 3.74. The van der Waals surface area contributed by atoms with E-state index in [1.165, 1.54) is 41.0 Å². The van der Waals surface area contributed by atoms with E-state index in [2.05, 4.69) is 10.3 Å². The van der Waals surface area contributed by atoms with Crippen LogP contribution in [0, 0.1) is 5.92 Å². The fourth-order valence-corrected chi connectivity index (χ4v) is 6.76. The van der Waals surface area contributed by atoms with Gasteiger partial charge in [0.05, 0.1) is 35.7 Å². The van der Waals surface area contributed by atoms with Gasteiger partial charge in [-0.05, 0) is 48.3 Å². The van der Waals surface area contributed by atoms with Gasteiger partial charge in [0.25, 0.3) is 0 Å². The molecule has 0 bridgehead atoms. The van der Waals surface area contributed by atoms with E-state index in [1.54, 1.807) is 24.3 Å². The van der Waals surface area contributed by atoms with E-state index in [0.29, 0.717) is 35.5 Å². The highest BCUT2D eigenvalue weighted by Gasteiger charge is 2.41. The Morgan fingerprint density at radius 2 is 1.85 bits per heavy atom. The van der Waals surface area contributed by atoms with Gasteiger partial charge in [-0.2, -0.15) is 0 Å². The van der Waals surface area contributed by atoms with E-state index < -0.39 is 17.5 Å². The molecule has 0 fully saturated rings. The van der Waals surface area contributed by atoms with Gasteiger partial charge in [-0.25, -0.2) is 4.98 Å². The summed E-state index contributed by atoms with van der Waals surface area (Å²) in [6, 6.07) is 8.10. The molecule has 5 N–H and O–H groups in total. The van der Waals surface area contributed by atoms with Gasteiger partial charge in [0.15, 0.2) is 5.78 Å². The molecule has 5 rings (SSSR count). The first-order chi connectivity index (χ1) is 18.8. The van der Waals surface area contributed by atoms with Crippen molar-refractivity contribution in [1.82, 2.24) is 10.3 Å². The van der Waals surface area contributed by atoms with E-state index in [0.717, 1.165) is 5.03 Å². The van der Waals surface area contributed by atoms with E-state index in [4.69, 9.17) is 9.94 Å². The number of phenols is 2. The number of pyridine rings is 1. The highest BCUT2D eigenvalue weighted by molar-refractivity contribution is 8.76. The zero-order valence-electron chi connectivity index (χ0n) is 20.8. The molecule has 1 heterocycles. The Hall–Kier alpha value is -3.74. The molecular weight excluding hydrogens is 542 g/mol. The molecule has 39 heavy (non-hydrogen) atoms. The summed E-state index contributed by atoms with van der Waals surface area (Å²) in [5, 5.41) is 34.8. The third-order valence-corrected chi connectivity index (χ3v) is 9.16. The number of hydrogen-bond donors (Lipinski definition) is 5. The summed E-state index contributed by atoms with van der Waals surface area (Å²) in [6.45, 7) is 0.420. The Morgan fingerprint density at radius 1 is 1.08 bits per heavy atom. The van der Waals surface area contributed by atoms with E-state index in [1.807, 2.05) is 5.48 Å². The van der Waals surface area contributed by atoms with Crippen molar-refractivity contribution >= 4 is 44.7 Å². The maximum absolute atomic E-state index is 13.4. The summed E-state index contributed by atoms with van der Waals surface area (Å²) in [7, 11) is 4.36. The van der Waals surface area contributed by atoms with Crippen molar-refractivity contribution in [2.75, 3.05) is 24.9 Å². The van der Waals surface area contributed by atoms with Gasteiger partial charge in [0, 0.05) is 34.9 Å². The Labute approximate surface area is 231 Å². The van der Waals surface area contributed by atoms with Crippen molar-refractivity contribution in [3.05, 3.63) is 69.9 Å². The minimum absolute atomic E-state index is 0.0613.